The molecule has 1 atom stereocenters. The Bertz CT molecular complexity index is 600. The highest BCUT2D eigenvalue weighted by molar-refractivity contribution is 5.94. The van der Waals surface area contributed by atoms with Crippen LogP contribution in [-0.2, 0) is 13.0 Å². The van der Waals surface area contributed by atoms with Crippen LogP contribution in [0.25, 0.3) is 0 Å². The lowest BCUT2D eigenvalue weighted by molar-refractivity contribution is 0.0952. The zero-order chi connectivity index (χ0) is 15.9. The molecule has 0 saturated carbocycles. The fraction of sp³-hybridized carbons (Fsp3) is 0.444. The van der Waals surface area contributed by atoms with Crippen LogP contribution in [0.4, 0.5) is 0 Å². The molecule has 0 aliphatic carbocycles. The first kappa shape index (κ1) is 15.7. The van der Waals surface area contributed by atoms with Gasteiger partial charge in [0.15, 0.2) is 0 Å². The van der Waals surface area contributed by atoms with Crippen molar-refractivity contribution in [2.45, 2.75) is 25.8 Å². The van der Waals surface area contributed by atoms with Crippen LogP contribution >= 0.6 is 0 Å². The van der Waals surface area contributed by atoms with Crippen LogP contribution < -0.4 is 10.6 Å². The van der Waals surface area contributed by atoms with Gasteiger partial charge in [-0.2, -0.15) is 5.10 Å². The molecule has 2 heterocycles. The molecular formula is C18H24N4O. The third kappa shape index (κ3) is 4.66. The zero-order valence-corrected chi connectivity index (χ0v) is 13.4. The first-order chi connectivity index (χ1) is 11.3. The second-order valence-electron chi connectivity index (χ2n) is 6.14. The highest BCUT2D eigenvalue weighted by atomic mass is 16.1. The van der Waals surface area contributed by atoms with E-state index in [0.29, 0.717) is 13.1 Å². The van der Waals surface area contributed by atoms with E-state index < -0.39 is 0 Å². The lowest BCUT2D eigenvalue weighted by atomic mass is 9.92. The van der Waals surface area contributed by atoms with E-state index in [9.17, 15) is 4.79 Å². The van der Waals surface area contributed by atoms with Crippen molar-refractivity contribution in [2.24, 2.45) is 5.92 Å². The van der Waals surface area contributed by atoms with Crippen molar-refractivity contribution < 1.29 is 4.79 Å². The van der Waals surface area contributed by atoms with Gasteiger partial charge in [0.1, 0.15) is 0 Å². The minimum Gasteiger partial charge on any atom is -0.350 e. The number of amides is 1. The van der Waals surface area contributed by atoms with Crippen LogP contribution in [-0.4, -0.2) is 35.3 Å². The summed E-state index contributed by atoms with van der Waals surface area (Å²) >= 11 is 0. The number of hydrogen-bond donors (Lipinski definition) is 2. The predicted molar refractivity (Wildman–Crippen MR) is 90.3 cm³/mol. The number of carbonyl (C=O) groups excluding carboxylic acids is 1. The maximum Gasteiger partial charge on any atom is 0.251 e. The number of nitrogens with zero attached hydrogens (tertiary/aromatic N) is 2. The minimum atomic E-state index is -0.0250. The highest BCUT2D eigenvalue weighted by Crippen LogP contribution is 2.16. The second kappa shape index (κ2) is 7.92. The molecule has 1 aliphatic rings. The summed E-state index contributed by atoms with van der Waals surface area (Å²) in [5, 5.41) is 10.5. The Kier molecular flexibility index (Phi) is 5.42. The van der Waals surface area contributed by atoms with E-state index in [1.807, 2.05) is 29.1 Å². The maximum absolute atomic E-state index is 12.1. The van der Waals surface area contributed by atoms with E-state index in [2.05, 4.69) is 27.9 Å². The largest absolute Gasteiger partial charge is 0.350 e. The van der Waals surface area contributed by atoms with Gasteiger partial charge in [0, 0.05) is 24.5 Å². The Balaban J connectivity index is 1.46. The van der Waals surface area contributed by atoms with Gasteiger partial charge in [0.05, 0.1) is 6.54 Å². The van der Waals surface area contributed by atoms with Crippen LogP contribution in [0, 0.1) is 5.92 Å². The summed E-state index contributed by atoms with van der Waals surface area (Å²) in [7, 11) is 0. The molecule has 0 spiro atoms. The van der Waals surface area contributed by atoms with E-state index in [-0.39, 0.29) is 5.91 Å². The highest BCUT2D eigenvalue weighted by Gasteiger charge is 2.13. The third-order valence-electron chi connectivity index (χ3n) is 4.33. The van der Waals surface area contributed by atoms with Gasteiger partial charge in [0.25, 0.3) is 5.91 Å². The summed E-state index contributed by atoms with van der Waals surface area (Å²) in [6.07, 6.45) is 7.28. The molecule has 3 rings (SSSR count). The van der Waals surface area contributed by atoms with Crippen molar-refractivity contribution in [3.8, 4) is 0 Å². The van der Waals surface area contributed by atoms with Gasteiger partial charge < -0.3 is 10.6 Å². The monoisotopic (exact) mass is 312 g/mol. The van der Waals surface area contributed by atoms with Gasteiger partial charge in [-0.3, -0.25) is 9.48 Å². The van der Waals surface area contributed by atoms with Crippen LogP contribution in [0.15, 0.2) is 42.7 Å². The van der Waals surface area contributed by atoms with E-state index in [1.54, 1.807) is 6.20 Å². The molecule has 1 aliphatic heterocycles. The average Bonchev–Trinajstić information content (AvgIpc) is 3.10. The number of rotatable bonds is 6. The number of piperidine rings is 1. The molecule has 122 valence electrons. The standard InChI is InChI=1S/C18H24N4O/c23-18(20-10-12-22-11-2-9-21-22)17-6-4-15(5-7-17)13-16-3-1-8-19-14-16/h2,4-7,9,11,16,19H,1,3,8,10,12-14H2,(H,20,23). The number of benzene rings is 1. The zero-order valence-electron chi connectivity index (χ0n) is 13.4. The summed E-state index contributed by atoms with van der Waals surface area (Å²) in [6.45, 7) is 3.52. The molecule has 1 fully saturated rings. The quantitative estimate of drug-likeness (QED) is 0.856. The molecule has 5 nitrogen and oxygen atoms in total. The average molecular weight is 312 g/mol. The Morgan fingerprint density at radius 3 is 2.91 bits per heavy atom. The van der Waals surface area contributed by atoms with E-state index >= 15 is 0 Å². The van der Waals surface area contributed by atoms with Gasteiger partial charge in [-0.15, -0.1) is 0 Å². The smallest absolute Gasteiger partial charge is 0.251 e. The van der Waals surface area contributed by atoms with Crippen molar-refractivity contribution >= 4 is 5.91 Å². The van der Waals surface area contributed by atoms with Gasteiger partial charge in [-0.25, -0.2) is 0 Å². The molecule has 0 radical (unpaired) electrons. The summed E-state index contributed by atoms with van der Waals surface area (Å²) in [6, 6.07) is 9.89. The molecule has 1 aromatic heterocycles. The van der Waals surface area contributed by atoms with Crippen molar-refractivity contribution in [1.29, 1.82) is 0 Å². The Hall–Kier alpha value is -2.14. The lowest BCUT2D eigenvalue weighted by Crippen LogP contribution is -2.30. The number of carbonyl (C=O) groups is 1. The van der Waals surface area contributed by atoms with Crippen LogP contribution in [0.1, 0.15) is 28.8 Å². The third-order valence-corrected chi connectivity index (χ3v) is 4.33. The molecule has 1 unspecified atom stereocenters. The molecule has 0 bridgehead atoms. The SMILES string of the molecule is O=C(NCCn1cccn1)c1ccc(CC2CCCNC2)cc1. The number of aromatic nitrogens is 2. The molecule has 23 heavy (non-hydrogen) atoms. The van der Waals surface area contributed by atoms with Gasteiger partial charge in [0.2, 0.25) is 0 Å². The summed E-state index contributed by atoms with van der Waals surface area (Å²) in [5.41, 5.74) is 2.03. The van der Waals surface area contributed by atoms with Crippen LogP contribution in [0.2, 0.25) is 0 Å². The molecule has 1 amide bonds. The van der Waals surface area contributed by atoms with Gasteiger partial charge in [-0.1, -0.05) is 12.1 Å². The Morgan fingerprint density at radius 1 is 1.35 bits per heavy atom. The van der Waals surface area contributed by atoms with Crippen molar-refractivity contribution in [2.75, 3.05) is 19.6 Å². The maximum atomic E-state index is 12.1. The molecule has 1 saturated heterocycles. The van der Waals surface area contributed by atoms with Gasteiger partial charge >= 0.3 is 0 Å². The van der Waals surface area contributed by atoms with Crippen LogP contribution in [0.5, 0.6) is 0 Å². The molecular weight excluding hydrogens is 288 g/mol. The Labute approximate surface area is 137 Å². The first-order valence-corrected chi connectivity index (χ1v) is 8.36. The lowest BCUT2D eigenvalue weighted by Gasteiger charge is -2.22. The molecule has 1 aromatic carbocycles. The summed E-state index contributed by atoms with van der Waals surface area (Å²) in [4.78, 5) is 12.1. The number of hydrogen-bond acceptors (Lipinski definition) is 3. The predicted octanol–water partition coefficient (Wildman–Crippen LogP) is 1.86. The molecule has 5 heteroatoms. The summed E-state index contributed by atoms with van der Waals surface area (Å²) in [5.74, 6) is 0.695. The Morgan fingerprint density at radius 2 is 2.22 bits per heavy atom. The molecule has 2 aromatic rings. The second-order valence-corrected chi connectivity index (χ2v) is 6.14. The van der Waals surface area contributed by atoms with E-state index in [4.69, 9.17) is 0 Å². The van der Waals surface area contributed by atoms with Crippen LogP contribution in [0.3, 0.4) is 0 Å². The van der Waals surface area contributed by atoms with E-state index in [1.165, 1.54) is 18.4 Å². The number of nitrogens with one attached hydrogen (secondary N) is 2. The topological polar surface area (TPSA) is 59.0 Å². The minimum absolute atomic E-state index is 0.0250. The van der Waals surface area contributed by atoms with Gasteiger partial charge in [-0.05, 0) is 62.0 Å². The summed E-state index contributed by atoms with van der Waals surface area (Å²) < 4.78 is 1.81. The normalized spacial score (nSPS) is 17.8. The fourth-order valence-corrected chi connectivity index (χ4v) is 3.04. The van der Waals surface area contributed by atoms with E-state index in [0.717, 1.165) is 31.0 Å². The first-order valence-electron chi connectivity index (χ1n) is 8.36. The van der Waals surface area contributed by atoms with Crippen molar-refractivity contribution in [3.63, 3.8) is 0 Å². The fourth-order valence-electron chi connectivity index (χ4n) is 3.04. The molecule has 2 N–H and O–H groups in total. The van der Waals surface area contributed by atoms with Crippen molar-refractivity contribution in [1.82, 2.24) is 20.4 Å². The van der Waals surface area contributed by atoms with Crippen molar-refractivity contribution in [3.05, 3.63) is 53.9 Å².